The molecule has 0 amide bonds. The molecule has 3 N–H and O–H groups in total. The quantitative estimate of drug-likeness (QED) is 0.279. The highest BCUT2D eigenvalue weighted by atomic mass is 127. The minimum Gasteiger partial charge on any atom is -0.491 e. The maximum absolute atomic E-state index is 5.81. The zero-order chi connectivity index (χ0) is 15.5. The maximum atomic E-state index is 5.81. The number of nitrogens with zero attached hydrogens (tertiary/aromatic N) is 1. The van der Waals surface area contributed by atoms with E-state index in [1.807, 2.05) is 26.0 Å². The van der Waals surface area contributed by atoms with Crippen LogP contribution in [-0.4, -0.2) is 32.3 Å². The Morgan fingerprint density at radius 3 is 2.73 bits per heavy atom. The number of aryl methyl sites for hydroxylation is 1. The van der Waals surface area contributed by atoms with Gasteiger partial charge in [-0.05, 0) is 31.9 Å². The van der Waals surface area contributed by atoms with E-state index in [-0.39, 0.29) is 24.0 Å². The number of ether oxygens (including phenoxy) is 2. The molecule has 1 rings (SSSR count). The lowest BCUT2D eigenvalue weighted by molar-refractivity contribution is 0.110. The molecule has 0 heterocycles. The lowest BCUT2D eigenvalue weighted by atomic mass is 10.1. The fourth-order valence-electron chi connectivity index (χ4n) is 1.76. The molecular weight excluding hydrogens is 393 g/mol. The zero-order valence-corrected chi connectivity index (χ0v) is 16.1. The zero-order valence-electron chi connectivity index (χ0n) is 13.7. The molecule has 0 atom stereocenters. The number of halogens is 1. The molecule has 22 heavy (non-hydrogen) atoms. The summed E-state index contributed by atoms with van der Waals surface area (Å²) in [4.78, 5) is 4.34. The fourth-order valence-corrected chi connectivity index (χ4v) is 1.76. The van der Waals surface area contributed by atoms with Gasteiger partial charge in [0, 0.05) is 18.7 Å². The molecule has 0 aliphatic rings. The molecule has 0 fully saturated rings. The van der Waals surface area contributed by atoms with Crippen molar-refractivity contribution in [1.82, 2.24) is 5.32 Å². The topological polar surface area (TPSA) is 68.9 Å². The monoisotopic (exact) mass is 421 g/mol. The number of nitrogens with one attached hydrogen (secondary N) is 1. The molecular formula is C16H28IN3O2. The van der Waals surface area contributed by atoms with E-state index in [0.29, 0.717) is 32.3 Å². The van der Waals surface area contributed by atoms with Gasteiger partial charge in [0.25, 0.3) is 0 Å². The molecule has 0 saturated heterocycles. The van der Waals surface area contributed by atoms with Gasteiger partial charge in [-0.1, -0.05) is 19.1 Å². The van der Waals surface area contributed by atoms with E-state index >= 15 is 0 Å². The Labute approximate surface area is 150 Å². The summed E-state index contributed by atoms with van der Waals surface area (Å²) < 4.78 is 11.1. The van der Waals surface area contributed by atoms with E-state index in [4.69, 9.17) is 15.2 Å². The van der Waals surface area contributed by atoms with Crippen molar-refractivity contribution < 1.29 is 9.47 Å². The van der Waals surface area contributed by atoms with Crippen LogP contribution in [0.15, 0.2) is 23.2 Å². The van der Waals surface area contributed by atoms with Gasteiger partial charge in [-0.2, -0.15) is 0 Å². The average molecular weight is 421 g/mol. The summed E-state index contributed by atoms with van der Waals surface area (Å²) in [6, 6.07) is 6.10. The molecule has 0 bridgehead atoms. The predicted octanol–water partition coefficient (Wildman–Crippen LogP) is 2.84. The molecule has 0 aromatic heterocycles. The summed E-state index contributed by atoms with van der Waals surface area (Å²) in [5, 5.41) is 3.06. The molecule has 0 aliphatic carbocycles. The Kier molecular flexibility index (Phi) is 11.9. The normalized spacial score (nSPS) is 11.0. The molecule has 1 aromatic rings. The number of benzene rings is 1. The second-order valence-corrected chi connectivity index (χ2v) is 4.78. The summed E-state index contributed by atoms with van der Waals surface area (Å²) in [5.41, 5.74) is 7.99. The van der Waals surface area contributed by atoms with Crippen molar-refractivity contribution in [2.24, 2.45) is 10.7 Å². The van der Waals surface area contributed by atoms with Gasteiger partial charge >= 0.3 is 0 Å². The number of hydrogen-bond donors (Lipinski definition) is 2. The van der Waals surface area contributed by atoms with Crippen LogP contribution < -0.4 is 15.8 Å². The third-order valence-electron chi connectivity index (χ3n) is 2.89. The van der Waals surface area contributed by atoms with Gasteiger partial charge < -0.3 is 20.5 Å². The van der Waals surface area contributed by atoms with Crippen molar-refractivity contribution >= 4 is 29.9 Å². The van der Waals surface area contributed by atoms with E-state index in [0.717, 1.165) is 29.8 Å². The minimum absolute atomic E-state index is 0. The Morgan fingerprint density at radius 2 is 2.05 bits per heavy atom. The van der Waals surface area contributed by atoms with Gasteiger partial charge in [-0.15, -0.1) is 24.0 Å². The van der Waals surface area contributed by atoms with Crippen LogP contribution >= 0.6 is 24.0 Å². The average Bonchev–Trinajstić information content (AvgIpc) is 2.48. The first-order valence-electron chi connectivity index (χ1n) is 7.51. The molecule has 6 heteroatoms. The molecule has 0 spiro atoms. The van der Waals surface area contributed by atoms with Crippen LogP contribution in [0, 0.1) is 6.92 Å². The van der Waals surface area contributed by atoms with Crippen molar-refractivity contribution in [3.8, 4) is 5.75 Å². The molecule has 5 nitrogen and oxygen atoms in total. The van der Waals surface area contributed by atoms with Crippen LogP contribution in [0.2, 0.25) is 0 Å². The van der Waals surface area contributed by atoms with E-state index in [1.54, 1.807) is 0 Å². The second kappa shape index (κ2) is 12.5. The maximum Gasteiger partial charge on any atom is 0.188 e. The first-order valence-corrected chi connectivity index (χ1v) is 7.51. The van der Waals surface area contributed by atoms with Gasteiger partial charge in [0.2, 0.25) is 0 Å². The summed E-state index contributed by atoms with van der Waals surface area (Å²) >= 11 is 0. The number of guanidine groups is 1. The third-order valence-corrected chi connectivity index (χ3v) is 2.89. The third kappa shape index (κ3) is 8.43. The summed E-state index contributed by atoms with van der Waals surface area (Å²) in [5.74, 6) is 1.32. The summed E-state index contributed by atoms with van der Waals surface area (Å²) in [6.45, 7) is 9.27. The van der Waals surface area contributed by atoms with Gasteiger partial charge in [0.1, 0.15) is 12.4 Å². The van der Waals surface area contributed by atoms with Gasteiger partial charge in [0.15, 0.2) is 5.96 Å². The first kappa shape index (κ1) is 21.0. The summed E-state index contributed by atoms with van der Waals surface area (Å²) in [7, 11) is 0. The van der Waals surface area contributed by atoms with Crippen LogP contribution in [0.1, 0.15) is 31.4 Å². The van der Waals surface area contributed by atoms with Crippen LogP contribution in [0.4, 0.5) is 0 Å². The van der Waals surface area contributed by atoms with E-state index in [2.05, 4.69) is 23.3 Å². The molecule has 1 aromatic carbocycles. The van der Waals surface area contributed by atoms with Crippen LogP contribution in [0.25, 0.3) is 0 Å². The van der Waals surface area contributed by atoms with Crippen molar-refractivity contribution in [1.29, 1.82) is 0 Å². The smallest absolute Gasteiger partial charge is 0.188 e. The van der Waals surface area contributed by atoms with Crippen molar-refractivity contribution in [2.75, 3.05) is 26.4 Å². The minimum atomic E-state index is 0. The van der Waals surface area contributed by atoms with Crippen molar-refractivity contribution in [3.63, 3.8) is 0 Å². The first-order chi connectivity index (χ1) is 10.2. The number of rotatable bonds is 9. The van der Waals surface area contributed by atoms with E-state index in [9.17, 15) is 0 Å². The number of nitrogens with two attached hydrogens (primary N) is 1. The highest BCUT2D eigenvalue weighted by Crippen LogP contribution is 2.21. The Bertz CT molecular complexity index is 453. The SMILES string of the molecule is CCCNC(N)=NCc1ccc(C)cc1OCCOCC.I. The Hall–Kier alpha value is -1.02. The molecule has 126 valence electrons. The van der Waals surface area contributed by atoms with E-state index < -0.39 is 0 Å². The molecule has 0 aliphatic heterocycles. The lowest BCUT2D eigenvalue weighted by Gasteiger charge is -2.12. The van der Waals surface area contributed by atoms with E-state index in [1.165, 1.54) is 0 Å². The second-order valence-electron chi connectivity index (χ2n) is 4.78. The highest BCUT2D eigenvalue weighted by molar-refractivity contribution is 14.0. The van der Waals surface area contributed by atoms with Crippen LogP contribution in [-0.2, 0) is 11.3 Å². The van der Waals surface area contributed by atoms with Crippen molar-refractivity contribution in [2.45, 2.75) is 33.7 Å². The van der Waals surface area contributed by atoms with Crippen LogP contribution in [0.5, 0.6) is 5.75 Å². The standard InChI is InChI=1S/C16H27N3O2.HI/c1-4-8-18-16(17)19-12-14-7-6-13(3)11-15(14)21-10-9-20-5-2;/h6-7,11H,4-5,8-10,12H2,1-3H3,(H3,17,18,19);1H. The highest BCUT2D eigenvalue weighted by Gasteiger charge is 2.04. The predicted molar refractivity (Wildman–Crippen MR) is 102 cm³/mol. The Morgan fingerprint density at radius 1 is 1.27 bits per heavy atom. The molecule has 0 radical (unpaired) electrons. The molecule has 0 saturated carbocycles. The lowest BCUT2D eigenvalue weighted by Crippen LogP contribution is -2.32. The Balaban J connectivity index is 0.00000441. The van der Waals surface area contributed by atoms with Crippen molar-refractivity contribution in [3.05, 3.63) is 29.3 Å². The van der Waals surface area contributed by atoms with Gasteiger partial charge in [0.05, 0.1) is 13.2 Å². The summed E-state index contributed by atoms with van der Waals surface area (Å²) in [6.07, 6.45) is 1.02. The number of hydrogen-bond acceptors (Lipinski definition) is 3. The molecule has 0 unspecified atom stereocenters. The fraction of sp³-hybridized carbons (Fsp3) is 0.562. The number of aliphatic imine (C=N–C) groups is 1. The van der Waals surface area contributed by atoms with Gasteiger partial charge in [-0.25, -0.2) is 4.99 Å². The largest absolute Gasteiger partial charge is 0.491 e. The van der Waals surface area contributed by atoms with Crippen LogP contribution in [0.3, 0.4) is 0 Å². The van der Waals surface area contributed by atoms with Gasteiger partial charge in [-0.3, -0.25) is 0 Å².